The summed E-state index contributed by atoms with van der Waals surface area (Å²) in [7, 11) is 0. The SMILES string of the molecule is CC(C)C(NC(=O)C(C)(C)C(C)(C)N)c1ccc(F)cc1. The number of hydrogen-bond acceptors (Lipinski definition) is 2. The van der Waals surface area contributed by atoms with Gasteiger partial charge in [0.25, 0.3) is 0 Å². The summed E-state index contributed by atoms with van der Waals surface area (Å²) >= 11 is 0. The summed E-state index contributed by atoms with van der Waals surface area (Å²) in [6.45, 7) is 11.4. The Bertz CT molecular complexity index is 487. The first-order valence-corrected chi connectivity index (χ1v) is 7.32. The maximum absolute atomic E-state index is 13.1. The average molecular weight is 294 g/mol. The smallest absolute Gasteiger partial charge is 0.227 e. The zero-order valence-electron chi connectivity index (χ0n) is 13.8. The van der Waals surface area contributed by atoms with Crippen molar-refractivity contribution in [2.45, 2.75) is 53.1 Å². The van der Waals surface area contributed by atoms with Crippen LogP contribution in [0.2, 0.25) is 0 Å². The number of halogens is 1. The van der Waals surface area contributed by atoms with E-state index in [2.05, 4.69) is 5.32 Å². The van der Waals surface area contributed by atoms with Gasteiger partial charge in [-0.3, -0.25) is 4.79 Å². The van der Waals surface area contributed by atoms with Crippen molar-refractivity contribution >= 4 is 5.91 Å². The highest BCUT2D eigenvalue weighted by atomic mass is 19.1. The second-order valence-corrected chi connectivity index (χ2v) is 7.09. The summed E-state index contributed by atoms with van der Waals surface area (Å²) in [6, 6.07) is 6.07. The number of hydrogen-bond donors (Lipinski definition) is 2. The van der Waals surface area contributed by atoms with E-state index in [0.717, 1.165) is 5.56 Å². The minimum absolute atomic E-state index is 0.0991. The van der Waals surface area contributed by atoms with Gasteiger partial charge in [0, 0.05) is 5.54 Å². The Morgan fingerprint density at radius 1 is 1.14 bits per heavy atom. The molecule has 4 heteroatoms. The van der Waals surface area contributed by atoms with E-state index in [-0.39, 0.29) is 23.7 Å². The molecule has 1 aromatic rings. The molecule has 1 amide bonds. The third-order valence-corrected chi connectivity index (χ3v) is 4.36. The molecular formula is C17H27FN2O. The maximum atomic E-state index is 13.1. The number of nitrogens with two attached hydrogens (primary N) is 1. The predicted molar refractivity (Wildman–Crippen MR) is 84.2 cm³/mol. The van der Waals surface area contributed by atoms with Crippen LogP contribution in [0.4, 0.5) is 4.39 Å². The van der Waals surface area contributed by atoms with E-state index in [9.17, 15) is 9.18 Å². The third-order valence-electron chi connectivity index (χ3n) is 4.36. The molecule has 0 spiro atoms. The standard InChI is InChI=1S/C17H27FN2O/c1-11(2)14(12-7-9-13(18)10-8-12)20-15(21)16(3,4)17(5,6)19/h7-11,14H,19H2,1-6H3,(H,20,21). The summed E-state index contributed by atoms with van der Waals surface area (Å²) in [5, 5.41) is 3.06. The van der Waals surface area contributed by atoms with Crippen LogP contribution in [0.5, 0.6) is 0 Å². The number of carbonyl (C=O) groups excluding carboxylic acids is 1. The van der Waals surface area contributed by atoms with E-state index < -0.39 is 11.0 Å². The fourth-order valence-corrected chi connectivity index (χ4v) is 1.92. The largest absolute Gasteiger partial charge is 0.349 e. The van der Waals surface area contributed by atoms with Gasteiger partial charge in [-0.15, -0.1) is 0 Å². The fourth-order valence-electron chi connectivity index (χ4n) is 1.92. The number of amides is 1. The van der Waals surface area contributed by atoms with Gasteiger partial charge in [-0.1, -0.05) is 26.0 Å². The topological polar surface area (TPSA) is 55.1 Å². The zero-order valence-corrected chi connectivity index (χ0v) is 13.8. The number of nitrogens with one attached hydrogen (secondary N) is 1. The van der Waals surface area contributed by atoms with Gasteiger partial charge in [0.15, 0.2) is 0 Å². The van der Waals surface area contributed by atoms with E-state index >= 15 is 0 Å². The molecule has 0 aliphatic heterocycles. The van der Waals surface area contributed by atoms with Crippen LogP contribution in [0.1, 0.15) is 53.1 Å². The predicted octanol–water partition coefficient (Wildman–Crippen LogP) is 3.40. The molecule has 1 aromatic carbocycles. The molecule has 0 fully saturated rings. The van der Waals surface area contributed by atoms with Crippen molar-refractivity contribution < 1.29 is 9.18 Å². The second-order valence-electron chi connectivity index (χ2n) is 7.09. The van der Waals surface area contributed by atoms with Gasteiger partial charge >= 0.3 is 0 Å². The van der Waals surface area contributed by atoms with E-state index in [0.29, 0.717) is 0 Å². The molecule has 1 unspecified atom stereocenters. The lowest BCUT2D eigenvalue weighted by Gasteiger charge is -2.38. The minimum atomic E-state index is -0.708. The van der Waals surface area contributed by atoms with Crippen LogP contribution in [-0.2, 0) is 4.79 Å². The summed E-state index contributed by atoms with van der Waals surface area (Å²) in [5.74, 6) is -0.190. The minimum Gasteiger partial charge on any atom is -0.349 e. The van der Waals surface area contributed by atoms with Crippen LogP contribution >= 0.6 is 0 Å². The van der Waals surface area contributed by atoms with Crippen molar-refractivity contribution in [3.63, 3.8) is 0 Å². The molecule has 21 heavy (non-hydrogen) atoms. The highest BCUT2D eigenvalue weighted by molar-refractivity contribution is 5.83. The molecule has 0 aromatic heterocycles. The second kappa shape index (κ2) is 6.14. The molecule has 0 saturated heterocycles. The molecule has 1 atom stereocenters. The molecule has 0 aliphatic rings. The van der Waals surface area contributed by atoms with Crippen LogP contribution in [-0.4, -0.2) is 11.4 Å². The van der Waals surface area contributed by atoms with Crippen molar-refractivity contribution in [1.82, 2.24) is 5.32 Å². The molecule has 1 rings (SSSR count). The first-order chi connectivity index (χ1) is 9.46. The van der Waals surface area contributed by atoms with E-state index in [1.165, 1.54) is 12.1 Å². The van der Waals surface area contributed by atoms with Crippen molar-refractivity contribution in [1.29, 1.82) is 0 Å². The number of benzene rings is 1. The molecule has 0 heterocycles. The third kappa shape index (κ3) is 4.03. The molecular weight excluding hydrogens is 267 g/mol. The summed E-state index contributed by atoms with van der Waals surface area (Å²) in [5.41, 5.74) is 5.66. The van der Waals surface area contributed by atoms with Gasteiger partial charge in [0.05, 0.1) is 11.5 Å². The quantitative estimate of drug-likeness (QED) is 0.874. The Labute approximate surface area is 127 Å². The van der Waals surface area contributed by atoms with Gasteiger partial charge in [0.2, 0.25) is 5.91 Å². The van der Waals surface area contributed by atoms with Crippen LogP contribution in [0.25, 0.3) is 0 Å². The van der Waals surface area contributed by atoms with Crippen LogP contribution in [0.15, 0.2) is 24.3 Å². The van der Waals surface area contributed by atoms with Gasteiger partial charge in [0.1, 0.15) is 5.82 Å². The summed E-state index contributed by atoms with van der Waals surface area (Å²) < 4.78 is 13.1. The van der Waals surface area contributed by atoms with Crippen LogP contribution in [0.3, 0.4) is 0 Å². The number of carbonyl (C=O) groups is 1. The lowest BCUT2D eigenvalue weighted by atomic mass is 9.74. The van der Waals surface area contributed by atoms with Gasteiger partial charge in [-0.25, -0.2) is 4.39 Å². The molecule has 118 valence electrons. The first-order valence-electron chi connectivity index (χ1n) is 7.32. The van der Waals surface area contributed by atoms with Gasteiger partial charge < -0.3 is 11.1 Å². The Morgan fingerprint density at radius 2 is 1.62 bits per heavy atom. The Kier molecular flexibility index (Phi) is 5.16. The van der Waals surface area contributed by atoms with Crippen molar-refractivity contribution in [2.75, 3.05) is 0 Å². The van der Waals surface area contributed by atoms with Crippen molar-refractivity contribution in [2.24, 2.45) is 17.1 Å². The maximum Gasteiger partial charge on any atom is 0.227 e. The zero-order chi connectivity index (χ0) is 16.4. The summed E-state index contributed by atoms with van der Waals surface area (Å²) in [4.78, 5) is 12.6. The molecule has 3 nitrogen and oxygen atoms in total. The first kappa shape index (κ1) is 17.6. The molecule has 0 bridgehead atoms. The van der Waals surface area contributed by atoms with E-state index in [1.807, 2.05) is 41.5 Å². The lowest BCUT2D eigenvalue weighted by molar-refractivity contribution is -0.133. The van der Waals surface area contributed by atoms with Gasteiger partial charge in [-0.2, -0.15) is 0 Å². The van der Waals surface area contributed by atoms with Crippen LogP contribution < -0.4 is 11.1 Å². The molecule has 0 saturated carbocycles. The van der Waals surface area contributed by atoms with E-state index in [1.54, 1.807) is 12.1 Å². The Hall–Kier alpha value is -1.42. The molecule has 0 radical (unpaired) electrons. The van der Waals surface area contributed by atoms with E-state index in [4.69, 9.17) is 5.73 Å². The monoisotopic (exact) mass is 294 g/mol. The highest BCUT2D eigenvalue weighted by Gasteiger charge is 2.41. The normalized spacial score (nSPS) is 14.1. The van der Waals surface area contributed by atoms with Gasteiger partial charge in [-0.05, 0) is 51.3 Å². The van der Waals surface area contributed by atoms with Crippen LogP contribution in [0, 0.1) is 17.2 Å². The molecule has 3 N–H and O–H groups in total. The lowest BCUT2D eigenvalue weighted by Crippen LogP contribution is -2.56. The Morgan fingerprint density at radius 3 is 2.00 bits per heavy atom. The van der Waals surface area contributed by atoms with Crippen molar-refractivity contribution in [3.8, 4) is 0 Å². The van der Waals surface area contributed by atoms with Crippen molar-refractivity contribution in [3.05, 3.63) is 35.6 Å². The number of rotatable bonds is 5. The highest BCUT2D eigenvalue weighted by Crippen LogP contribution is 2.31. The fraction of sp³-hybridized carbons (Fsp3) is 0.588. The summed E-state index contributed by atoms with van der Waals surface area (Å²) in [6.07, 6.45) is 0. The Balaban J connectivity index is 3.00. The average Bonchev–Trinajstić information content (AvgIpc) is 2.35. The molecule has 0 aliphatic carbocycles.